The maximum atomic E-state index is 11.9. The molecular formula is C31H33NO4S. The second-order valence-corrected chi connectivity index (χ2v) is 10.3. The number of hydrogen-bond acceptors (Lipinski definition) is 6. The Labute approximate surface area is 223 Å². The van der Waals surface area contributed by atoms with Crippen LogP contribution in [0.5, 0.6) is 5.75 Å². The summed E-state index contributed by atoms with van der Waals surface area (Å²) >= 11 is 1.66. The Morgan fingerprint density at radius 1 is 1.16 bits per heavy atom. The SMILES string of the molecule is CCCc1c(SCc2ccc(C(O[C@H]3CCCCO3)c3cccc(C#N)c3)cc2)ccc(C(C)=O)c1O. The lowest BCUT2D eigenvalue weighted by atomic mass is 9.98. The molecule has 1 fully saturated rings. The van der Waals surface area contributed by atoms with Crippen molar-refractivity contribution in [2.24, 2.45) is 0 Å². The Bertz CT molecular complexity index is 1260. The molecule has 0 bridgehead atoms. The number of carbonyl (C=O) groups is 1. The number of rotatable bonds is 10. The van der Waals surface area contributed by atoms with Gasteiger partial charge in [0.25, 0.3) is 0 Å². The normalized spacial score (nSPS) is 16.2. The number of nitrogens with zero attached hydrogens (tertiary/aromatic N) is 1. The number of hydrogen-bond donors (Lipinski definition) is 1. The average molecular weight is 516 g/mol. The Balaban J connectivity index is 1.53. The van der Waals surface area contributed by atoms with Gasteiger partial charge in [-0.15, -0.1) is 11.8 Å². The number of aromatic hydroxyl groups is 1. The molecule has 2 atom stereocenters. The molecule has 6 heteroatoms. The lowest BCUT2D eigenvalue weighted by Crippen LogP contribution is -2.25. The van der Waals surface area contributed by atoms with Crippen LogP contribution in [0, 0.1) is 11.3 Å². The summed E-state index contributed by atoms with van der Waals surface area (Å²) in [5.74, 6) is 0.716. The van der Waals surface area contributed by atoms with Crippen LogP contribution < -0.4 is 0 Å². The zero-order valence-corrected chi connectivity index (χ0v) is 22.2. The first-order valence-corrected chi connectivity index (χ1v) is 13.8. The summed E-state index contributed by atoms with van der Waals surface area (Å²) in [6.45, 7) is 4.25. The smallest absolute Gasteiger partial charge is 0.163 e. The summed E-state index contributed by atoms with van der Waals surface area (Å²) in [7, 11) is 0. The van der Waals surface area contributed by atoms with Crippen LogP contribution in [-0.4, -0.2) is 23.8 Å². The standard InChI is InChI=1S/C31H33NO4S/c1-3-7-27-28(16-15-26(21(2)33)30(27)34)37-20-22-11-13-24(14-12-22)31(36-29-10-4-5-17-35-29)25-9-6-8-23(18-25)19-32/h6,8-9,11-16,18,29,31,34H,3-5,7,10,17,20H2,1-2H3/t29-,31?/m0/s1. The summed E-state index contributed by atoms with van der Waals surface area (Å²) in [5, 5.41) is 20.1. The molecule has 0 spiro atoms. The minimum absolute atomic E-state index is 0.110. The highest BCUT2D eigenvalue weighted by Gasteiger charge is 2.23. The Kier molecular flexibility index (Phi) is 9.40. The molecule has 1 heterocycles. The highest BCUT2D eigenvalue weighted by atomic mass is 32.2. The molecule has 1 saturated heterocycles. The van der Waals surface area contributed by atoms with E-state index in [1.54, 1.807) is 23.9 Å². The van der Waals surface area contributed by atoms with Gasteiger partial charge in [-0.1, -0.05) is 49.7 Å². The number of carbonyl (C=O) groups excluding carboxylic acids is 1. The van der Waals surface area contributed by atoms with Crippen molar-refractivity contribution in [2.45, 2.75) is 69.0 Å². The van der Waals surface area contributed by atoms with Gasteiger partial charge in [0, 0.05) is 22.8 Å². The number of phenols is 1. The predicted octanol–water partition coefficient (Wildman–Crippen LogP) is 7.34. The Morgan fingerprint density at radius 2 is 1.97 bits per heavy atom. The van der Waals surface area contributed by atoms with Gasteiger partial charge < -0.3 is 14.6 Å². The molecule has 0 saturated carbocycles. The van der Waals surface area contributed by atoms with Crippen LogP contribution in [0.15, 0.2) is 65.6 Å². The maximum Gasteiger partial charge on any atom is 0.163 e. The van der Waals surface area contributed by atoms with Crippen LogP contribution in [0.1, 0.15) is 83.8 Å². The van der Waals surface area contributed by atoms with Gasteiger partial charge in [0.2, 0.25) is 0 Å². The Morgan fingerprint density at radius 3 is 2.65 bits per heavy atom. The van der Waals surface area contributed by atoms with E-state index in [4.69, 9.17) is 9.47 Å². The first-order chi connectivity index (χ1) is 18.0. The van der Waals surface area contributed by atoms with Crippen LogP contribution in [0.25, 0.3) is 0 Å². The summed E-state index contributed by atoms with van der Waals surface area (Å²) in [6, 6.07) is 21.8. The van der Waals surface area contributed by atoms with Crippen LogP contribution >= 0.6 is 11.8 Å². The van der Waals surface area contributed by atoms with E-state index in [1.165, 1.54) is 6.92 Å². The van der Waals surface area contributed by atoms with Crippen molar-refractivity contribution in [2.75, 3.05) is 6.61 Å². The number of ketones is 1. The van der Waals surface area contributed by atoms with E-state index >= 15 is 0 Å². The van der Waals surface area contributed by atoms with Gasteiger partial charge >= 0.3 is 0 Å². The lowest BCUT2D eigenvalue weighted by molar-refractivity contribution is -0.181. The van der Waals surface area contributed by atoms with E-state index in [0.29, 0.717) is 17.7 Å². The van der Waals surface area contributed by atoms with Crippen LogP contribution in [0.2, 0.25) is 0 Å². The molecule has 5 nitrogen and oxygen atoms in total. The zero-order valence-electron chi connectivity index (χ0n) is 21.4. The largest absolute Gasteiger partial charge is 0.507 e. The highest BCUT2D eigenvalue weighted by Crippen LogP contribution is 2.36. The molecule has 1 aliphatic rings. The van der Waals surface area contributed by atoms with Gasteiger partial charge in [-0.05, 0) is 73.6 Å². The molecule has 4 rings (SSSR count). The quantitative estimate of drug-likeness (QED) is 0.225. The second-order valence-electron chi connectivity index (χ2n) is 9.32. The van der Waals surface area contributed by atoms with Crippen molar-refractivity contribution in [1.82, 2.24) is 0 Å². The van der Waals surface area contributed by atoms with Crippen LogP contribution in [-0.2, 0) is 21.6 Å². The van der Waals surface area contributed by atoms with Crippen LogP contribution in [0.3, 0.4) is 0 Å². The molecule has 1 N–H and O–H groups in total. The number of phenolic OH excluding ortho intramolecular Hbond substituents is 1. The van der Waals surface area contributed by atoms with E-state index in [2.05, 4.69) is 37.3 Å². The summed E-state index contributed by atoms with van der Waals surface area (Å²) in [5.41, 5.74) is 4.91. The van der Waals surface area contributed by atoms with Crippen LogP contribution in [0.4, 0.5) is 0 Å². The van der Waals surface area contributed by atoms with E-state index in [0.717, 1.165) is 65.0 Å². The fourth-order valence-corrected chi connectivity index (χ4v) is 5.62. The number of ether oxygens (including phenoxy) is 2. The van der Waals surface area contributed by atoms with Crippen molar-refractivity contribution in [1.29, 1.82) is 5.26 Å². The molecule has 0 aromatic heterocycles. The number of benzene rings is 3. The fourth-order valence-electron chi connectivity index (χ4n) is 4.57. The van der Waals surface area contributed by atoms with Gasteiger partial charge in [-0.3, -0.25) is 4.79 Å². The van der Waals surface area contributed by atoms with E-state index in [-0.39, 0.29) is 23.9 Å². The van der Waals surface area contributed by atoms with E-state index < -0.39 is 0 Å². The van der Waals surface area contributed by atoms with Gasteiger partial charge in [0.15, 0.2) is 12.1 Å². The maximum absolute atomic E-state index is 11.9. The summed E-state index contributed by atoms with van der Waals surface area (Å²) < 4.78 is 12.3. The average Bonchev–Trinajstić information content (AvgIpc) is 2.93. The third-order valence-electron chi connectivity index (χ3n) is 6.54. The summed E-state index contributed by atoms with van der Waals surface area (Å²) in [4.78, 5) is 12.9. The molecule has 0 amide bonds. The molecule has 0 aliphatic carbocycles. The van der Waals surface area contributed by atoms with E-state index in [1.807, 2.05) is 24.3 Å². The van der Waals surface area contributed by atoms with Gasteiger partial charge in [0.1, 0.15) is 11.9 Å². The van der Waals surface area contributed by atoms with Gasteiger partial charge in [0.05, 0.1) is 17.2 Å². The van der Waals surface area contributed by atoms with E-state index in [9.17, 15) is 15.2 Å². The van der Waals surface area contributed by atoms with Gasteiger partial charge in [-0.2, -0.15) is 5.26 Å². The lowest BCUT2D eigenvalue weighted by Gasteiger charge is -2.28. The molecule has 1 aliphatic heterocycles. The molecule has 192 valence electrons. The Hall–Kier alpha value is -3.11. The first kappa shape index (κ1) is 26.9. The topological polar surface area (TPSA) is 79.5 Å². The first-order valence-electron chi connectivity index (χ1n) is 12.8. The van der Waals surface area contributed by atoms with Gasteiger partial charge in [-0.25, -0.2) is 0 Å². The van der Waals surface area contributed by atoms with Crippen molar-refractivity contribution in [3.05, 3.63) is 94.0 Å². The predicted molar refractivity (Wildman–Crippen MR) is 146 cm³/mol. The fraction of sp³-hybridized carbons (Fsp3) is 0.355. The monoisotopic (exact) mass is 515 g/mol. The molecule has 0 radical (unpaired) electrons. The van der Waals surface area contributed by atoms with Crippen molar-refractivity contribution >= 4 is 17.5 Å². The summed E-state index contributed by atoms with van der Waals surface area (Å²) in [6.07, 6.45) is 4.00. The number of thioether (sulfide) groups is 1. The number of nitriles is 1. The molecule has 3 aromatic rings. The van der Waals surface area contributed by atoms with Crippen molar-refractivity contribution < 1.29 is 19.4 Å². The molecule has 1 unspecified atom stereocenters. The third kappa shape index (κ3) is 6.81. The van der Waals surface area contributed by atoms with Crippen molar-refractivity contribution in [3.8, 4) is 11.8 Å². The second kappa shape index (κ2) is 12.9. The highest BCUT2D eigenvalue weighted by molar-refractivity contribution is 7.98. The van der Waals surface area contributed by atoms with Crippen molar-refractivity contribution in [3.63, 3.8) is 0 Å². The minimum Gasteiger partial charge on any atom is -0.507 e. The molecular weight excluding hydrogens is 482 g/mol. The number of Topliss-reactive ketones (excluding diaryl/α,β-unsaturated/α-hetero) is 1. The third-order valence-corrected chi connectivity index (χ3v) is 7.71. The molecule has 3 aromatic carbocycles. The minimum atomic E-state index is -0.328. The molecule has 37 heavy (non-hydrogen) atoms. The zero-order chi connectivity index (χ0) is 26.2.